The monoisotopic (exact) mass is 261 g/mol. The Labute approximate surface area is 110 Å². The van der Waals surface area contributed by atoms with Crippen LogP contribution >= 0.6 is 11.3 Å². The standard InChI is InChI=1S/C14H15NO2S/c1-3-5-6-14-15-12-8-7-11(9-13(12)18-14)17-10-16-4-2/h3,5-9H,1,4,10H2,2H3/b6-5+. The summed E-state index contributed by atoms with van der Waals surface area (Å²) in [7, 11) is 0. The molecule has 1 heterocycles. The Kier molecular flexibility index (Phi) is 4.50. The SMILES string of the molecule is C=C/C=C/c1nc2ccc(OCOCC)cc2s1. The second-order valence-corrected chi connectivity index (χ2v) is 4.59. The highest BCUT2D eigenvalue weighted by atomic mass is 32.1. The smallest absolute Gasteiger partial charge is 0.189 e. The van der Waals surface area contributed by atoms with Gasteiger partial charge in [0.15, 0.2) is 6.79 Å². The van der Waals surface area contributed by atoms with Gasteiger partial charge in [-0.1, -0.05) is 18.7 Å². The third kappa shape index (κ3) is 3.18. The predicted octanol–water partition coefficient (Wildman–Crippen LogP) is 3.87. The normalized spacial score (nSPS) is 11.2. The maximum Gasteiger partial charge on any atom is 0.189 e. The maximum atomic E-state index is 5.47. The van der Waals surface area contributed by atoms with Crippen molar-refractivity contribution in [1.29, 1.82) is 0 Å². The predicted molar refractivity (Wildman–Crippen MR) is 76.0 cm³/mol. The molecule has 0 fully saturated rings. The van der Waals surface area contributed by atoms with Gasteiger partial charge in [0, 0.05) is 6.61 Å². The van der Waals surface area contributed by atoms with Gasteiger partial charge in [0.05, 0.1) is 10.2 Å². The molecule has 0 aliphatic carbocycles. The fourth-order valence-corrected chi connectivity index (χ4v) is 2.34. The molecule has 0 bridgehead atoms. The molecule has 18 heavy (non-hydrogen) atoms. The van der Waals surface area contributed by atoms with E-state index in [4.69, 9.17) is 9.47 Å². The van der Waals surface area contributed by atoms with E-state index in [9.17, 15) is 0 Å². The number of hydrogen-bond acceptors (Lipinski definition) is 4. The quantitative estimate of drug-likeness (QED) is 0.449. The van der Waals surface area contributed by atoms with Crippen molar-refractivity contribution >= 4 is 27.6 Å². The second-order valence-electron chi connectivity index (χ2n) is 3.53. The van der Waals surface area contributed by atoms with Gasteiger partial charge in [-0.15, -0.1) is 11.3 Å². The van der Waals surface area contributed by atoms with E-state index in [1.54, 1.807) is 17.4 Å². The molecule has 0 aliphatic heterocycles. The van der Waals surface area contributed by atoms with Crippen LogP contribution < -0.4 is 4.74 Å². The molecule has 0 atom stereocenters. The van der Waals surface area contributed by atoms with Crippen LogP contribution in [0.3, 0.4) is 0 Å². The maximum absolute atomic E-state index is 5.47. The first-order valence-corrected chi connectivity index (χ1v) is 6.55. The zero-order valence-electron chi connectivity index (χ0n) is 10.3. The van der Waals surface area contributed by atoms with Gasteiger partial charge in [0.1, 0.15) is 10.8 Å². The van der Waals surface area contributed by atoms with E-state index in [1.807, 2.05) is 37.3 Å². The van der Waals surface area contributed by atoms with Crippen molar-refractivity contribution in [2.75, 3.05) is 13.4 Å². The molecule has 0 saturated carbocycles. The number of fused-ring (bicyclic) bond motifs is 1. The van der Waals surface area contributed by atoms with Gasteiger partial charge in [-0.2, -0.15) is 0 Å². The summed E-state index contributed by atoms with van der Waals surface area (Å²) >= 11 is 1.62. The van der Waals surface area contributed by atoms with Crippen LogP contribution in [0.25, 0.3) is 16.3 Å². The van der Waals surface area contributed by atoms with Crippen molar-refractivity contribution < 1.29 is 9.47 Å². The Morgan fingerprint density at radius 2 is 2.33 bits per heavy atom. The zero-order valence-corrected chi connectivity index (χ0v) is 11.1. The van der Waals surface area contributed by atoms with Gasteiger partial charge < -0.3 is 9.47 Å². The van der Waals surface area contributed by atoms with Gasteiger partial charge in [0.2, 0.25) is 0 Å². The van der Waals surface area contributed by atoms with Crippen LogP contribution in [-0.2, 0) is 4.74 Å². The molecule has 2 aromatic rings. The van der Waals surface area contributed by atoms with Crippen LogP contribution in [0.1, 0.15) is 11.9 Å². The van der Waals surface area contributed by atoms with E-state index >= 15 is 0 Å². The summed E-state index contributed by atoms with van der Waals surface area (Å²) in [6, 6.07) is 5.84. The Hall–Kier alpha value is -1.65. The van der Waals surface area contributed by atoms with Crippen LogP contribution in [0.4, 0.5) is 0 Å². The van der Waals surface area contributed by atoms with Gasteiger partial charge in [-0.3, -0.25) is 0 Å². The van der Waals surface area contributed by atoms with Crippen LogP contribution in [-0.4, -0.2) is 18.4 Å². The van der Waals surface area contributed by atoms with Crippen LogP contribution in [0.5, 0.6) is 5.75 Å². The molecule has 0 N–H and O–H groups in total. The lowest BCUT2D eigenvalue weighted by atomic mass is 10.3. The molecular weight excluding hydrogens is 246 g/mol. The molecule has 0 spiro atoms. The first-order valence-electron chi connectivity index (χ1n) is 5.73. The topological polar surface area (TPSA) is 31.4 Å². The van der Waals surface area contributed by atoms with Gasteiger partial charge in [-0.25, -0.2) is 4.98 Å². The Morgan fingerprint density at radius 1 is 1.44 bits per heavy atom. The first-order chi connectivity index (χ1) is 8.83. The van der Waals surface area contributed by atoms with Crippen molar-refractivity contribution in [1.82, 2.24) is 4.98 Å². The highest BCUT2D eigenvalue weighted by Gasteiger charge is 2.03. The summed E-state index contributed by atoms with van der Waals surface area (Å²) in [6.45, 7) is 6.51. The Morgan fingerprint density at radius 3 is 3.11 bits per heavy atom. The summed E-state index contributed by atoms with van der Waals surface area (Å²) in [5.41, 5.74) is 0.979. The van der Waals surface area contributed by atoms with Gasteiger partial charge in [-0.05, 0) is 31.2 Å². The average molecular weight is 261 g/mol. The minimum Gasteiger partial charge on any atom is -0.468 e. The Balaban J connectivity index is 2.17. The van der Waals surface area contributed by atoms with Gasteiger partial charge in [0.25, 0.3) is 0 Å². The average Bonchev–Trinajstić information content (AvgIpc) is 2.78. The zero-order chi connectivity index (χ0) is 12.8. The molecule has 1 aromatic heterocycles. The van der Waals surface area contributed by atoms with Gasteiger partial charge >= 0.3 is 0 Å². The third-order valence-corrected chi connectivity index (χ3v) is 3.25. The lowest BCUT2D eigenvalue weighted by Gasteiger charge is -2.04. The van der Waals surface area contributed by atoms with Crippen LogP contribution in [0.15, 0.2) is 36.9 Å². The van der Waals surface area contributed by atoms with Crippen molar-refractivity contribution in [2.45, 2.75) is 6.92 Å². The molecule has 0 radical (unpaired) electrons. The summed E-state index contributed by atoms with van der Waals surface area (Å²) in [5.74, 6) is 0.804. The molecule has 4 heteroatoms. The number of hydrogen-bond donors (Lipinski definition) is 0. The van der Waals surface area contributed by atoms with E-state index in [0.717, 1.165) is 21.0 Å². The highest BCUT2D eigenvalue weighted by molar-refractivity contribution is 7.19. The molecule has 0 aliphatic rings. The van der Waals surface area contributed by atoms with Crippen molar-refractivity contribution in [3.05, 3.63) is 41.9 Å². The number of nitrogens with zero attached hydrogens (tertiary/aromatic N) is 1. The molecular formula is C14H15NO2S. The lowest BCUT2D eigenvalue weighted by molar-refractivity contribution is 0.0225. The summed E-state index contributed by atoms with van der Waals surface area (Å²) < 4.78 is 11.7. The van der Waals surface area contributed by atoms with Crippen molar-refractivity contribution in [3.63, 3.8) is 0 Å². The lowest BCUT2D eigenvalue weighted by Crippen LogP contribution is -2.01. The molecule has 94 valence electrons. The van der Waals surface area contributed by atoms with E-state index in [1.165, 1.54) is 0 Å². The number of benzene rings is 1. The number of thiazole rings is 1. The summed E-state index contributed by atoms with van der Waals surface area (Å²) in [4.78, 5) is 4.48. The fraction of sp³-hybridized carbons (Fsp3) is 0.214. The molecule has 3 nitrogen and oxygen atoms in total. The van der Waals surface area contributed by atoms with Crippen LogP contribution in [0.2, 0.25) is 0 Å². The fourth-order valence-electron chi connectivity index (χ4n) is 1.43. The first kappa shape index (κ1) is 12.8. The number of ether oxygens (including phenoxy) is 2. The minimum atomic E-state index is 0.282. The molecule has 0 amide bonds. The van der Waals surface area contributed by atoms with E-state index < -0.39 is 0 Å². The highest BCUT2D eigenvalue weighted by Crippen LogP contribution is 2.27. The molecule has 1 aromatic carbocycles. The molecule has 0 saturated heterocycles. The summed E-state index contributed by atoms with van der Waals surface area (Å²) in [6.07, 6.45) is 5.56. The molecule has 2 rings (SSSR count). The van der Waals surface area contributed by atoms with Crippen LogP contribution in [0, 0.1) is 0 Å². The summed E-state index contributed by atoms with van der Waals surface area (Å²) in [5, 5.41) is 0.965. The van der Waals surface area contributed by atoms with Crippen molar-refractivity contribution in [2.24, 2.45) is 0 Å². The van der Waals surface area contributed by atoms with E-state index in [-0.39, 0.29) is 6.79 Å². The largest absolute Gasteiger partial charge is 0.468 e. The second kappa shape index (κ2) is 6.33. The van der Waals surface area contributed by atoms with Crippen molar-refractivity contribution in [3.8, 4) is 5.75 Å². The van der Waals surface area contributed by atoms with E-state index in [0.29, 0.717) is 6.61 Å². The van der Waals surface area contributed by atoms with E-state index in [2.05, 4.69) is 11.6 Å². The third-order valence-electron chi connectivity index (χ3n) is 2.26. The minimum absolute atomic E-state index is 0.282. The number of allylic oxidation sites excluding steroid dienone is 2. The Bertz CT molecular complexity index is 560. The number of aromatic nitrogens is 1. The molecule has 0 unspecified atom stereocenters. The number of rotatable bonds is 6.